The number of ether oxygens (including phenoxy) is 1. The van der Waals surface area contributed by atoms with Crippen molar-refractivity contribution in [2.75, 3.05) is 0 Å². The largest absolute Gasteiger partial charge is 0.551 e. The van der Waals surface area contributed by atoms with E-state index in [1.54, 1.807) is 0 Å². The fourth-order valence-electron chi connectivity index (χ4n) is 10.0. The standard InChI is InChI=1S/C54H30BNO4/c1-5-15-43-36(10-1)37-11-2-6-16-44(37)56(43)34-23-20-31(21-24-34)32-22-26-42-49(29-32)58-50-30-33(28-41-39-13-4-8-18-46(39)60-55(42)53(41)50)35-14-9-19-47-51(35)52-48(57-47)27-25-40-38-12-3-7-17-45(38)59-54(40)52/h1-30H. The van der Waals surface area contributed by atoms with Gasteiger partial charge in [0, 0.05) is 49.1 Å². The lowest BCUT2D eigenvalue weighted by Gasteiger charge is -2.33. The molecule has 9 aromatic carbocycles. The van der Waals surface area contributed by atoms with Crippen molar-refractivity contribution in [3.63, 3.8) is 0 Å². The minimum Gasteiger partial charge on any atom is -0.551 e. The summed E-state index contributed by atoms with van der Waals surface area (Å²) in [7, 11) is 0. The smallest absolute Gasteiger partial charge is 0.434 e. The maximum absolute atomic E-state index is 7.01. The number of nitrogens with zero attached hydrogens (tertiary/aromatic N) is 1. The van der Waals surface area contributed by atoms with E-state index >= 15 is 0 Å². The van der Waals surface area contributed by atoms with Crippen LogP contribution < -0.4 is 20.3 Å². The normalized spacial score (nSPS) is 12.9. The van der Waals surface area contributed by atoms with Crippen molar-refractivity contribution >= 4 is 83.5 Å². The summed E-state index contributed by atoms with van der Waals surface area (Å²) in [4.78, 5) is 0. The summed E-state index contributed by atoms with van der Waals surface area (Å²) < 4.78 is 29.3. The Morgan fingerprint density at radius 1 is 0.400 bits per heavy atom. The van der Waals surface area contributed by atoms with E-state index in [2.05, 4.69) is 162 Å². The summed E-state index contributed by atoms with van der Waals surface area (Å²) >= 11 is 0. The number of fused-ring (bicyclic) bond motifs is 14. The fourth-order valence-corrected chi connectivity index (χ4v) is 10.0. The molecule has 0 fully saturated rings. The molecule has 2 aliphatic rings. The van der Waals surface area contributed by atoms with Crippen LogP contribution in [0.4, 0.5) is 0 Å². The van der Waals surface area contributed by atoms with Crippen molar-refractivity contribution in [1.29, 1.82) is 0 Å². The van der Waals surface area contributed by atoms with Crippen LogP contribution in [0.15, 0.2) is 191 Å². The Morgan fingerprint density at radius 3 is 1.93 bits per heavy atom. The minimum atomic E-state index is -0.324. The highest BCUT2D eigenvalue weighted by Gasteiger charge is 2.41. The van der Waals surface area contributed by atoms with Crippen LogP contribution in [0.2, 0.25) is 0 Å². The first-order valence-electron chi connectivity index (χ1n) is 20.3. The molecule has 0 spiro atoms. The summed E-state index contributed by atoms with van der Waals surface area (Å²) in [6.07, 6.45) is 0. The molecule has 0 radical (unpaired) electrons. The Labute approximate surface area is 343 Å². The van der Waals surface area contributed by atoms with Crippen molar-refractivity contribution in [2.24, 2.45) is 0 Å². The van der Waals surface area contributed by atoms with Gasteiger partial charge in [0.1, 0.15) is 39.6 Å². The predicted octanol–water partition coefficient (Wildman–Crippen LogP) is 13.2. The number of aromatic nitrogens is 1. The summed E-state index contributed by atoms with van der Waals surface area (Å²) in [5, 5.41) is 6.66. The van der Waals surface area contributed by atoms with Gasteiger partial charge < -0.3 is 22.8 Å². The van der Waals surface area contributed by atoms with Gasteiger partial charge in [-0.1, -0.05) is 109 Å². The first-order chi connectivity index (χ1) is 29.7. The van der Waals surface area contributed by atoms with Crippen molar-refractivity contribution in [3.05, 3.63) is 182 Å². The molecule has 0 N–H and O–H groups in total. The predicted molar refractivity (Wildman–Crippen MR) is 244 cm³/mol. The van der Waals surface area contributed by atoms with Gasteiger partial charge in [0.25, 0.3) is 0 Å². The third kappa shape index (κ3) is 4.37. The lowest BCUT2D eigenvalue weighted by Crippen LogP contribution is -2.53. The van der Waals surface area contributed by atoms with Crippen LogP contribution in [0.5, 0.6) is 17.2 Å². The summed E-state index contributed by atoms with van der Waals surface area (Å²) in [6, 6.07) is 64.0. The zero-order valence-electron chi connectivity index (χ0n) is 32.0. The molecule has 60 heavy (non-hydrogen) atoms. The molecule has 0 aliphatic carbocycles. The number of rotatable bonds is 3. The third-order valence-corrected chi connectivity index (χ3v) is 12.7. The van der Waals surface area contributed by atoms with E-state index in [1.807, 2.05) is 24.3 Å². The Balaban J connectivity index is 0.916. The molecule has 5 nitrogen and oxygen atoms in total. The van der Waals surface area contributed by atoms with Crippen molar-refractivity contribution in [3.8, 4) is 56.3 Å². The van der Waals surface area contributed by atoms with Gasteiger partial charge in [-0.25, -0.2) is 0 Å². The highest BCUT2D eigenvalue weighted by molar-refractivity contribution is 6.84. The van der Waals surface area contributed by atoms with Crippen LogP contribution >= 0.6 is 0 Å². The number of benzene rings is 9. The van der Waals surface area contributed by atoms with Crippen LogP contribution in [0.25, 0.3) is 105 Å². The van der Waals surface area contributed by atoms with Gasteiger partial charge in [0.2, 0.25) is 0 Å². The van der Waals surface area contributed by atoms with E-state index in [4.69, 9.17) is 18.2 Å². The molecule has 14 rings (SSSR count). The molecule has 5 heterocycles. The Hall–Kier alpha value is -7.96. The molecule has 2 aliphatic heterocycles. The zero-order chi connectivity index (χ0) is 39.1. The molecule has 12 aromatic rings. The number of furan rings is 2. The second kappa shape index (κ2) is 11.8. The van der Waals surface area contributed by atoms with Gasteiger partial charge in [-0.15, -0.1) is 0 Å². The maximum atomic E-state index is 7.01. The van der Waals surface area contributed by atoms with Gasteiger partial charge in [-0.2, -0.15) is 0 Å². The number of hydrogen-bond acceptors (Lipinski definition) is 4. The van der Waals surface area contributed by atoms with E-state index in [0.29, 0.717) is 0 Å². The van der Waals surface area contributed by atoms with Crippen molar-refractivity contribution in [2.45, 2.75) is 0 Å². The lowest BCUT2D eigenvalue weighted by molar-refractivity contribution is 0.480. The zero-order valence-corrected chi connectivity index (χ0v) is 32.0. The monoisotopic (exact) mass is 767 g/mol. The first-order valence-corrected chi connectivity index (χ1v) is 20.3. The molecule has 3 aromatic heterocycles. The second-order valence-electron chi connectivity index (χ2n) is 15.9. The summed E-state index contributed by atoms with van der Waals surface area (Å²) in [5.41, 5.74) is 15.2. The van der Waals surface area contributed by atoms with E-state index in [9.17, 15) is 0 Å². The van der Waals surface area contributed by atoms with E-state index in [-0.39, 0.29) is 6.92 Å². The van der Waals surface area contributed by atoms with Crippen molar-refractivity contribution < 1.29 is 18.2 Å². The van der Waals surface area contributed by atoms with E-state index < -0.39 is 0 Å². The molecule has 0 atom stereocenters. The molecule has 0 saturated heterocycles. The topological polar surface area (TPSA) is 49.7 Å². The highest BCUT2D eigenvalue weighted by Crippen LogP contribution is 2.46. The quantitative estimate of drug-likeness (QED) is 0.168. The second-order valence-corrected chi connectivity index (χ2v) is 15.9. The molecule has 6 heteroatoms. The van der Waals surface area contributed by atoms with E-state index in [1.165, 1.54) is 21.8 Å². The van der Waals surface area contributed by atoms with Crippen molar-refractivity contribution in [1.82, 2.24) is 4.57 Å². The fraction of sp³-hybridized carbons (Fsp3) is 0. The van der Waals surface area contributed by atoms with Gasteiger partial charge in [-0.3, -0.25) is 0 Å². The molecule has 0 bridgehead atoms. The molecule has 278 valence electrons. The summed E-state index contributed by atoms with van der Waals surface area (Å²) in [5.74, 6) is 2.42. The van der Waals surface area contributed by atoms with Crippen LogP contribution in [0.3, 0.4) is 0 Å². The SMILES string of the molecule is c1ccc2c(c1)OB1c3ccc(-c4ccc(-n5c6ccccc6c6ccccc65)cc4)cc3Oc3cc(-c4cccc5oc6ccc7c8ccccc8oc7c6c45)cc-2c31. The molecular formula is C54H30BNO4. The number of hydrogen-bond donors (Lipinski definition) is 0. The lowest BCUT2D eigenvalue weighted by atomic mass is 9.50. The Kier molecular flexibility index (Phi) is 6.31. The number of para-hydroxylation sites is 4. The third-order valence-electron chi connectivity index (χ3n) is 12.7. The average Bonchev–Trinajstić information content (AvgIpc) is 3.98. The molecule has 0 saturated carbocycles. The van der Waals surface area contributed by atoms with E-state index in [0.717, 1.165) is 111 Å². The highest BCUT2D eigenvalue weighted by atomic mass is 16.5. The molecule has 0 amide bonds. The van der Waals surface area contributed by atoms with Gasteiger partial charge in [0.05, 0.1) is 16.4 Å². The van der Waals surface area contributed by atoms with Gasteiger partial charge in [0.15, 0.2) is 0 Å². The molecular weight excluding hydrogens is 737 g/mol. The average molecular weight is 768 g/mol. The summed E-state index contributed by atoms with van der Waals surface area (Å²) in [6.45, 7) is -0.324. The van der Waals surface area contributed by atoms with Crippen LogP contribution in [0, 0.1) is 0 Å². The van der Waals surface area contributed by atoms with Gasteiger partial charge in [-0.05, 0) is 101 Å². The minimum absolute atomic E-state index is 0.324. The molecule has 0 unspecified atom stereocenters. The maximum Gasteiger partial charge on any atom is 0.434 e. The Morgan fingerprint density at radius 2 is 1.08 bits per heavy atom. The van der Waals surface area contributed by atoms with Crippen LogP contribution in [-0.4, -0.2) is 11.5 Å². The first kappa shape index (κ1) is 32.1. The van der Waals surface area contributed by atoms with Gasteiger partial charge >= 0.3 is 6.92 Å². The van der Waals surface area contributed by atoms with Crippen LogP contribution in [-0.2, 0) is 0 Å². The Bertz CT molecular complexity index is 3740. The van der Waals surface area contributed by atoms with Crippen LogP contribution in [0.1, 0.15) is 0 Å².